The highest BCUT2D eigenvalue weighted by Crippen LogP contribution is 2.20. The van der Waals surface area contributed by atoms with Crippen LogP contribution in [-0.2, 0) is 10.3 Å². The summed E-state index contributed by atoms with van der Waals surface area (Å²) in [4.78, 5) is 14.1. The maximum Gasteiger partial charge on any atom is 0.244 e. The third kappa shape index (κ3) is 5.48. The van der Waals surface area contributed by atoms with E-state index in [4.69, 9.17) is 5.73 Å². The van der Waals surface area contributed by atoms with Gasteiger partial charge in [-0.1, -0.05) is 28.1 Å². The van der Waals surface area contributed by atoms with Gasteiger partial charge >= 0.3 is 0 Å². The lowest BCUT2D eigenvalue weighted by Crippen LogP contribution is -2.50. The molecule has 1 rings (SSSR count). The van der Waals surface area contributed by atoms with Gasteiger partial charge < -0.3 is 16.0 Å². The van der Waals surface area contributed by atoms with Crippen LogP contribution < -0.4 is 11.1 Å². The normalized spacial score (nSPS) is 13.6. The van der Waals surface area contributed by atoms with Gasteiger partial charge in [0.25, 0.3) is 0 Å². The SMILES string of the molecule is CN(C)CCNC(=O)C(C)(N)c1ccc(Br)cc1.Cl. The Morgan fingerprint density at radius 1 is 1.37 bits per heavy atom. The smallest absolute Gasteiger partial charge is 0.244 e. The number of hydrogen-bond donors (Lipinski definition) is 2. The van der Waals surface area contributed by atoms with Crippen LogP contribution >= 0.6 is 28.3 Å². The standard InChI is InChI=1S/C13H20BrN3O.ClH/c1-13(15,10-4-6-11(14)7-5-10)12(18)16-8-9-17(2)3;/h4-7H,8-9,15H2,1-3H3,(H,16,18);1H. The van der Waals surface area contributed by atoms with Gasteiger partial charge in [-0.3, -0.25) is 4.79 Å². The van der Waals surface area contributed by atoms with Crippen LogP contribution in [0.1, 0.15) is 12.5 Å². The maximum atomic E-state index is 12.1. The molecule has 1 aromatic carbocycles. The fourth-order valence-electron chi connectivity index (χ4n) is 1.50. The van der Waals surface area contributed by atoms with Crippen molar-refractivity contribution in [2.75, 3.05) is 27.2 Å². The Kier molecular flexibility index (Phi) is 7.59. The summed E-state index contributed by atoms with van der Waals surface area (Å²) in [6.07, 6.45) is 0. The van der Waals surface area contributed by atoms with E-state index >= 15 is 0 Å². The van der Waals surface area contributed by atoms with Crippen molar-refractivity contribution in [3.63, 3.8) is 0 Å². The number of hydrogen-bond acceptors (Lipinski definition) is 3. The molecule has 19 heavy (non-hydrogen) atoms. The fraction of sp³-hybridized carbons (Fsp3) is 0.462. The van der Waals surface area contributed by atoms with Gasteiger partial charge in [-0.05, 0) is 38.7 Å². The van der Waals surface area contributed by atoms with Crippen molar-refractivity contribution in [1.29, 1.82) is 0 Å². The van der Waals surface area contributed by atoms with Crippen molar-refractivity contribution in [2.45, 2.75) is 12.5 Å². The molecular formula is C13H21BrClN3O. The second kappa shape index (κ2) is 7.85. The number of amides is 1. The van der Waals surface area contributed by atoms with Crippen LogP contribution in [-0.4, -0.2) is 38.0 Å². The number of nitrogens with two attached hydrogens (primary N) is 1. The van der Waals surface area contributed by atoms with Crippen LogP contribution in [0.5, 0.6) is 0 Å². The Labute approximate surface area is 129 Å². The van der Waals surface area contributed by atoms with Crippen molar-refractivity contribution in [3.05, 3.63) is 34.3 Å². The average Bonchev–Trinajstić information content (AvgIpc) is 2.28. The molecule has 0 spiro atoms. The van der Waals surface area contributed by atoms with Gasteiger partial charge in [0, 0.05) is 17.6 Å². The number of carbonyl (C=O) groups is 1. The van der Waals surface area contributed by atoms with E-state index in [9.17, 15) is 4.79 Å². The van der Waals surface area contributed by atoms with Gasteiger partial charge in [0.2, 0.25) is 5.91 Å². The van der Waals surface area contributed by atoms with Crippen molar-refractivity contribution in [3.8, 4) is 0 Å². The van der Waals surface area contributed by atoms with E-state index in [-0.39, 0.29) is 18.3 Å². The number of benzene rings is 1. The third-order valence-electron chi connectivity index (χ3n) is 2.76. The quantitative estimate of drug-likeness (QED) is 0.850. The van der Waals surface area contributed by atoms with E-state index in [1.165, 1.54) is 0 Å². The Morgan fingerprint density at radius 2 is 1.89 bits per heavy atom. The molecule has 0 saturated carbocycles. The molecule has 4 nitrogen and oxygen atoms in total. The number of likely N-dealkylation sites (N-methyl/N-ethyl adjacent to an activating group) is 1. The van der Waals surface area contributed by atoms with Crippen LogP contribution in [0.15, 0.2) is 28.7 Å². The van der Waals surface area contributed by atoms with Gasteiger partial charge in [0.1, 0.15) is 5.54 Å². The lowest BCUT2D eigenvalue weighted by molar-refractivity contribution is -0.126. The summed E-state index contributed by atoms with van der Waals surface area (Å²) in [5.74, 6) is -0.160. The van der Waals surface area contributed by atoms with Gasteiger partial charge in [0.15, 0.2) is 0 Å². The summed E-state index contributed by atoms with van der Waals surface area (Å²) in [6.45, 7) is 3.11. The van der Waals surface area contributed by atoms with E-state index in [0.29, 0.717) is 6.54 Å². The van der Waals surface area contributed by atoms with Crippen molar-refractivity contribution in [2.24, 2.45) is 5.73 Å². The van der Waals surface area contributed by atoms with Crippen molar-refractivity contribution in [1.82, 2.24) is 10.2 Å². The molecule has 0 aliphatic rings. The molecule has 0 saturated heterocycles. The van der Waals surface area contributed by atoms with Gasteiger partial charge in [-0.25, -0.2) is 0 Å². The molecule has 0 bridgehead atoms. The van der Waals surface area contributed by atoms with E-state index in [2.05, 4.69) is 21.2 Å². The predicted molar refractivity (Wildman–Crippen MR) is 84.5 cm³/mol. The van der Waals surface area contributed by atoms with Crippen LogP contribution in [0, 0.1) is 0 Å². The Hall–Kier alpha value is -0.620. The minimum Gasteiger partial charge on any atom is -0.353 e. The maximum absolute atomic E-state index is 12.1. The third-order valence-corrected chi connectivity index (χ3v) is 3.29. The summed E-state index contributed by atoms with van der Waals surface area (Å²) in [5, 5.41) is 2.85. The van der Waals surface area contributed by atoms with Gasteiger partial charge in [-0.15, -0.1) is 12.4 Å². The molecule has 0 aliphatic heterocycles. The lowest BCUT2D eigenvalue weighted by atomic mass is 9.92. The molecule has 0 heterocycles. The van der Waals surface area contributed by atoms with Crippen LogP contribution in [0.4, 0.5) is 0 Å². The van der Waals surface area contributed by atoms with E-state index in [1.54, 1.807) is 6.92 Å². The predicted octanol–water partition coefficient (Wildman–Crippen LogP) is 1.72. The molecule has 1 amide bonds. The second-order valence-corrected chi connectivity index (χ2v) is 5.68. The minimum atomic E-state index is -1.01. The molecule has 0 radical (unpaired) electrons. The highest BCUT2D eigenvalue weighted by Gasteiger charge is 2.29. The van der Waals surface area contributed by atoms with Gasteiger partial charge in [-0.2, -0.15) is 0 Å². The topological polar surface area (TPSA) is 58.4 Å². The summed E-state index contributed by atoms with van der Waals surface area (Å²) < 4.78 is 0.968. The van der Waals surface area contributed by atoms with Gasteiger partial charge in [0.05, 0.1) is 0 Å². The highest BCUT2D eigenvalue weighted by molar-refractivity contribution is 9.10. The minimum absolute atomic E-state index is 0. The highest BCUT2D eigenvalue weighted by atomic mass is 79.9. The fourth-order valence-corrected chi connectivity index (χ4v) is 1.77. The zero-order valence-electron chi connectivity index (χ0n) is 11.4. The van der Waals surface area contributed by atoms with Crippen LogP contribution in [0.2, 0.25) is 0 Å². The molecule has 1 aromatic rings. The number of rotatable bonds is 5. The number of nitrogens with zero attached hydrogens (tertiary/aromatic N) is 1. The number of carbonyl (C=O) groups excluding carboxylic acids is 1. The molecule has 1 atom stereocenters. The molecule has 108 valence electrons. The number of halogens is 2. The monoisotopic (exact) mass is 349 g/mol. The molecule has 0 aliphatic carbocycles. The molecular weight excluding hydrogens is 330 g/mol. The van der Waals surface area contributed by atoms with E-state index < -0.39 is 5.54 Å². The first-order valence-corrected chi connectivity index (χ1v) is 6.61. The molecule has 3 N–H and O–H groups in total. The summed E-state index contributed by atoms with van der Waals surface area (Å²) >= 11 is 3.36. The Morgan fingerprint density at radius 3 is 2.37 bits per heavy atom. The zero-order chi connectivity index (χ0) is 13.8. The first-order chi connectivity index (χ1) is 8.34. The Bertz CT molecular complexity index is 407. The van der Waals surface area contributed by atoms with E-state index in [0.717, 1.165) is 16.6 Å². The van der Waals surface area contributed by atoms with Crippen LogP contribution in [0.25, 0.3) is 0 Å². The molecule has 1 unspecified atom stereocenters. The lowest BCUT2D eigenvalue weighted by Gasteiger charge is -2.24. The Balaban J connectivity index is 0.00000324. The van der Waals surface area contributed by atoms with E-state index in [1.807, 2.05) is 43.3 Å². The molecule has 0 fully saturated rings. The molecule has 0 aromatic heterocycles. The van der Waals surface area contributed by atoms with Crippen molar-refractivity contribution < 1.29 is 4.79 Å². The number of nitrogens with one attached hydrogen (secondary N) is 1. The van der Waals surface area contributed by atoms with Crippen molar-refractivity contribution >= 4 is 34.2 Å². The van der Waals surface area contributed by atoms with Crippen LogP contribution in [0.3, 0.4) is 0 Å². The largest absolute Gasteiger partial charge is 0.353 e. The summed E-state index contributed by atoms with van der Waals surface area (Å²) in [7, 11) is 3.92. The summed E-state index contributed by atoms with van der Waals surface area (Å²) in [6, 6.07) is 7.48. The summed E-state index contributed by atoms with van der Waals surface area (Å²) in [5.41, 5.74) is 5.90. The zero-order valence-corrected chi connectivity index (χ0v) is 13.8. The second-order valence-electron chi connectivity index (χ2n) is 4.77. The average molecular weight is 351 g/mol. The molecule has 6 heteroatoms. The first-order valence-electron chi connectivity index (χ1n) is 5.82. The first kappa shape index (κ1) is 18.4.